The van der Waals surface area contributed by atoms with Gasteiger partial charge in [-0.15, -0.1) is 11.3 Å². The average molecular weight is 331 g/mol. The molecule has 0 fully saturated rings. The van der Waals surface area contributed by atoms with Gasteiger partial charge in [0, 0.05) is 29.2 Å². The molecule has 0 bridgehead atoms. The van der Waals surface area contributed by atoms with Crippen molar-refractivity contribution < 1.29 is 9.59 Å². The molecule has 0 spiro atoms. The molecule has 122 valence electrons. The van der Waals surface area contributed by atoms with E-state index >= 15 is 0 Å². The van der Waals surface area contributed by atoms with Crippen LogP contribution in [0.4, 0.5) is 5.69 Å². The molecule has 0 aliphatic carbocycles. The number of carbonyl (C=O) groups is 2. The summed E-state index contributed by atoms with van der Waals surface area (Å²) in [5.74, 6) is -0.226. The van der Waals surface area contributed by atoms with E-state index in [1.165, 1.54) is 4.88 Å². The maximum atomic E-state index is 12.1. The van der Waals surface area contributed by atoms with Crippen molar-refractivity contribution in [3.05, 3.63) is 52.2 Å². The Morgan fingerprint density at radius 3 is 2.48 bits per heavy atom. The molecule has 1 aromatic carbocycles. The summed E-state index contributed by atoms with van der Waals surface area (Å²) < 4.78 is 0. The van der Waals surface area contributed by atoms with Crippen molar-refractivity contribution in [3.63, 3.8) is 0 Å². The SMILES string of the molecule is CNC(=O)c1ccc(NC(=O)CN(C)C(C)c2cccs2)cc1. The molecule has 0 saturated carbocycles. The summed E-state index contributed by atoms with van der Waals surface area (Å²) in [5.41, 5.74) is 1.24. The number of nitrogens with one attached hydrogen (secondary N) is 2. The highest BCUT2D eigenvalue weighted by Gasteiger charge is 2.15. The van der Waals surface area contributed by atoms with Gasteiger partial charge in [0.2, 0.25) is 5.91 Å². The predicted molar refractivity (Wildman–Crippen MR) is 93.8 cm³/mol. The van der Waals surface area contributed by atoms with Crippen LogP contribution < -0.4 is 10.6 Å². The van der Waals surface area contributed by atoms with Crippen molar-refractivity contribution in [2.45, 2.75) is 13.0 Å². The average Bonchev–Trinajstić information content (AvgIpc) is 3.08. The smallest absolute Gasteiger partial charge is 0.251 e. The summed E-state index contributed by atoms with van der Waals surface area (Å²) in [6, 6.07) is 11.1. The summed E-state index contributed by atoms with van der Waals surface area (Å²) in [7, 11) is 3.52. The molecule has 5 nitrogen and oxygen atoms in total. The first-order valence-electron chi connectivity index (χ1n) is 7.37. The molecular weight excluding hydrogens is 310 g/mol. The third-order valence-corrected chi connectivity index (χ3v) is 4.71. The minimum absolute atomic E-state index is 0.0800. The van der Waals surface area contributed by atoms with Gasteiger partial charge in [0.25, 0.3) is 5.91 Å². The van der Waals surface area contributed by atoms with E-state index in [2.05, 4.69) is 23.6 Å². The Morgan fingerprint density at radius 1 is 1.22 bits per heavy atom. The van der Waals surface area contributed by atoms with Crippen molar-refractivity contribution in [3.8, 4) is 0 Å². The van der Waals surface area contributed by atoms with Crippen LogP contribution >= 0.6 is 11.3 Å². The van der Waals surface area contributed by atoms with Crippen LogP contribution in [-0.2, 0) is 4.79 Å². The van der Waals surface area contributed by atoms with Crippen molar-refractivity contribution >= 4 is 28.8 Å². The molecule has 0 aliphatic heterocycles. The standard InChI is InChI=1S/C17H21N3O2S/c1-12(15-5-4-10-23-15)20(3)11-16(21)19-14-8-6-13(7-9-14)17(22)18-2/h4-10,12H,11H2,1-3H3,(H,18,22)(H,19,21). The van der Waals surface area contributed by atoms with Crippen molar-refractivity contribution in [2.75, 3.05) is 26.0 Å². The third-order valence-electron chi connectivity index (χ3n) is 3.67. The Labute approximate surface area is 140 Å². The molecule has 2 aromatic rings. The van der Waals surface area contributed by atoms with Gasteiger partial charge in [0.05, 0.1) is 6.54 Å². The molecule has 2 N–H and O–H groups in total. The van der Waals surface area contributed by atoms with E-state index in [1.807, 2.05) is 23.4 Å². The Bertz CT molecular complexity index is 653. The molecule has 1 atom stereocenters. The van der Waals surface area contributed by atoms with E-state index in [0.29, 0.717) is 17.8 Å². The highest BCUT2D eigenvalue weighted by molar-refractivity contribution is 7.10. The number of anilines is 1. The van der Waals surface area contributed by atoms with Crippen molar-refractivity contribution in [1.29, 1.82) is 0 Å². The number of amides is 2. The fourth-order valence-electron chi connectivity index (χ4n) is 2.16. The maximum absolute atomic E-state index is 12.1. The second kappa shape index (κ2) is 7.89. The minimum Gasteiger partial charge on any atom is -0.355 e. The lowest BCUT2D eigenvalue weighted by Gasteiger charge is -2.23. The summed E-state index contributed by atoms with van der Waals surface area (Å²) in [6.07, 6.45) is 0. The lowest BCUT2D eigenvalue weighted by atomic mass is 10.2. The number of benzene rings is 1. The molecule has 2 rings (SSSR count). The van der Waals surface area contributed by atoms with Gasteiger partial charge in [0.1, 0.15) is 0 Å². The van der Waals surface area contributed by atoms with Crippen molar-refractivity contribution in [2.24, 2.45) is 0 Å². The minimum atomic E-state index is -0.146. The van der Waals surface area contributed by atoms with E-state index in [1.54, 1.807) is 42.6 Å². The Hall–Kier alpha value is -2.18. The molecule has 0 aliphatic rings. The Morgan fingerprint density at radius 2 is 1.91 bits per heavy atom. The van der Waals surface area contributed by atoms with E-state index in [-0.39, 0.29) is 17.9 Å². The van der Waals surface area contributed by atoms with Crippen LogP contribution in [-0.4, -0.2) is 37.4 Å². The summed E-state index contributed by atoms with van der Waals surface area (Å²) in [4.78, 5) is 26.9. The molecule has 0 saturated heterocycles. The molecule has 1 heterocycles. The molecule has 0 radical (unpaired) electrons. The first-order valence-corrected chi connectivity index (χ1v) is 8.25. The van der Waals surface area contributed by atoms with Crippen LogP contribution in [0.3, 0.4) is 0 Å². The number of thiophene rings is 1. The van der Waals surface area contributed by atoms with E-state index in [9.17, 15) is 9.59 Å². The van der Waals surface area contributed by atoms with Gasteiger partial charge >= 0.3 is 0 Å². The van der Waals surface area contributed by atoms with E-state index < -0.39 is 0 Å². The number of likely N-dealkylation sites (N-methyl/N-ethyl adjacent to an activating group) is 1. The molecular formula is C17H21N3O2S. The zero-order chi connectivity index (χ0) is 16.8. The van der Waals surface area contributed by atoms with Crippen LogP contribution in [0.2, 0.25) is 0 Å². The number of nitrogens with zero attached hydrogens (tertiary/aromatic N) is 1. The zero-order valence-corrected chi connectivity index (χ0v) is 14.3. The normalized spacial score (nSPS) is 12.0. The topological polar surface area (TPSA) is 61.4 Å². The third kappa shape index (κ3) is 4.64. The van der Waals surface area contributed by atoms with Crippen LogP contribution in [0, 0.1) is 0 Å². The lowest BCUT2D eigenvalue weighted by Crippen LogP contribution is -2.31. The monoisotopic (exact) mass is 331 g/mol. The van der Waals surface area contributed by atoms with Gasteiger partial charge in [-0.25, -0.2) is 0 Å². The molecule has 6 heteroatoms. The first-order chi connectivity index (χ1) is 11.0. The zero-order valence-electron chi connectivity index (χ0n) is 13.5. The molecule has 1 unspecified atom stereocenters. The second-order valence-corrected chi connectivity index (χ2v) is 6.29. The highest BCUT2D eigenvalue weighted by atomic mass is 32.1. The molecule has 23 heavy (non-hydrogen) atoms. The largest absolute Gasteiger partial charge is 0.355 e. The van der Waals surface area contributed by atoms with Gasteiger partial charge < -0.3 is 10.6 Å². The van der Waals surface area contributed by atoms with Crippen LogP contribution in [0.25, 0.3) is 0 Å². The molecule has 1 aromatic heterocycles. The molecule has 2 amide bonds. The summed E-state index contributed by atoms with van der Waals surface area (Å²) >= 11 is 1.69. The van der Waals surface area contributed by atoms with Crippen LogP contribution in [0.1, 0.15) is 28.2 Å². The predicted octanol–water partition coefficient (Wildman–Crippen LogP) is 2.74. The van der Waals surface area contributed by atoms with Gasteiger partial charge in [-0.1, -0.05) is 6.07 Å². The highest BCUT2D eigenvalue weighted by Crippen LogP contribution is 2.23. The Balaban J connectivity index is 1.90. The second-order valence-electron chi connectivity index (χ2n) is 5.31. The lowest BCUT2D eigenvalue weighted by molar-refractivity contribution is -0.117. The quantitative estimate of drug-likeness (QED) is 0.855. The van der Waals surface area contributed by atoms with Gasteiger partial charge in [-0.3, -0.25) is 14.5 Å². The van der Waals surface area contributed by atoms with Crippen LogP contribution in [0.15, 0.2) is 41.8 Å². The first kappa shape index (κ1) is 17.2. The fraction of sp³-hybridized carbons (Fsp3) is 0.294. The fourth-order valence-corrected chi connectivity index (χ4v) is 3.01. The van der Waals surface area contributed by atoms with Gasteiger partial charge in [-0.05, 0) is 49.7 Å². The number of carbonyl (C=O) groups excluding carboxylic acids is 2. The van der Waals surface area contributed by atoms with Gasteiger partial charge in [0.15, 0.2) is 0 Å². The number of hydrogen-bond acceptors (Lipinski definition) is 4. The van der Waals surface area contributed by atoms with E-state index in [0.717, 1.165) is 0 Å². The van der Waals surface area contributed by atoms with Gasteiger partial charge in [-0.2, -0.15) is 0 Å². The van der Waals surface area contributed by atoms with E-state index in [4.69, 9.17) is 0 Å². The Kier molecular flexibility index (Phi) is 5.90. The number of rotatable bonds is 6. The summed E-state index contributed by atoms with van der Waals surface area (Å²) in [5, 5.41) is 7.45. The maximum Gasteiger partial charge on any atom is 0.251 e. The van der Waals surface area contributed by atoms with Crippen molar-refractivity contribution in [1.82, 2.24) is 10.2 Å². The van der Waals surface area contributed by atoms with Crippen LogP contribution in [0.5, 0.6) is 0 Å². The number of hydrogen-bond donors (Lipinski definition) is 2. The summed E-state index contributed by atoms with van der Waals surface area (Å²) in [6.45, 7) is 2.38.